The van der Waals surface area contributed by atoms with Crippen LogP contribution < -0.4 is 19.7 Å². The van der Waals surface area contributed by atoms with Crippen LogP contribution in [-0.2, 0) is 0 Å². The highest BCUT2D eigenvalue weighted by atomic mass is 32.2. The topological polar surface area (TPSA) is 118 Å². The van der Waals surface area contributed by atoms with E-state index in [-0.39, 0.29) is 24.3 Å². The molecule has 2 amide bonds. The Bertz CT molecular complexity index is 1800. The van der Waals surface area contributed by atoms with Crippen LogP contribution in [0.15, 0.2) is 78.0 Å². The molecule has 3 aromatic carbocycles. The second-order valence-corrected chi connectivity index (χ2v) is 12.4. The number of anilines is 1. The van der Waals surface area contributed by atoms with Gasteiger partial charge in [-0.1, -0.05) is 55.9 Å². The number of nitrogens with one attached hydrogen (secondary N) is 1. The standard InChI is InChI=1S/C34H34F3N7O3S/c1-21(2)29-14-13-28(46-4)17-30(29)44-22(3)15-16-48-33(44)41-32(45)39-19-25(18-38)23-5-7-24(8-6-23)31-40-20-43(42-31)26-9-11-27(12-10-26)47-34(35,36)37/h5-14,17,20-22,25H,15-16,19H2,1-4H3,(H,39,45). The SMILES string of the molecule is COc1ccc(C(C)C)c(N2C(=NC(=O)NCC(C#N)c3ccc(-c4ncn(-c5ccc(OC(F)(F)F)cc5)n4)cc3)SCCC2C)c1. The Morgan fingerprint density at radius 1 is 1.12 bits per heavy atom. The number of aromatic nitrogens is 3. The summed E-state index contributed by atoms with van der Waals surface area (Å²) in [7, 11) is 1.63. The van der Waals surface area contributed by atoms with Gasteiger partial charge in [-0.3, -0.25) is 0 Å². The lowest BCUT2D eigenvalue weighted by Gasteiger charge is -2.37. The van der Waals surface area contributed by atoms with Gasteiger partial charge in [0.25, 0.3) is 0 Å². The fourth-order valence-corrected chi connectivity index (χ4v) is 6.43. The number of urea groups is 1. The van der Waals surface area contributed by atoms with Gasteiger partial charge in [-0.05, 0) is 60.7 Å². The van der Waals surface area contributed by atoms with Crippen molar-refractivity contribution >= 4 is 28.6 Å². The van der Waals surface area contributed by atoms with E-state index in [1.54, 1.807) is 31.4 Å². The maximum Gasteiger partial charge on any atom is 0.573 e. The highest BCUT2D eigenvalue weighted by Gasteiger charge is 2.31. The first kappa shape index (κ1) is 34.3. The third-order valence-corrected chi connectivity index (χ3v) is 8.73. The molecular weight excluding hydrogens is 643 g/mol. The number of halogens is 3. The summed E-state index contributed by atoms with van der Waals surface area (Å²) in [5.41, 5.74) is 3.94. The summed E-state index contributed by atoms with van der Waals surface area (Å²) in [6.45, 7) is 6.41. The van der Waals surface area contributed by atoms with E-state index in [1.165, 1.54) is 47.0 Å². The number of methoxy groups -OCH3 is 1. The Hall–Kier alpha value is -5.03. The second kappa shape index (κ2) is 14.8. The zero-order valence-electron chi connectivity index (χ0n) is 26.7. The minimum absolute atomic E-state index is 0.0585. The number of amides is 2. The molecule has 0 aliphatic carbocycles. The van der Waals surface area contributed by atoms with E-state index in [0.717, 1.165) is 29.2 Å². The zero-order valence-corrected chi connectivity index (χ0v) is 27.5. The van der Waals surface area contributed by atoms with E-state index >= 15 is 0 Å². The predicted molar refractivity (Wildman–Crippen MR) is 179 cm³/mol. The summed E-state index contributed by atoms with van der Waals surface area (Å²) >= 11 is 1.52. The van der Waals surface area contributed by atoms with Crippen LogP contribution in [0.3, 0.4) is 0 Å². The molecule has 0 saturated carbocycles. The zero-order chi connectivity index (χ0) is 34.4. The number of alkyl halides is 3. The van der Waals surface area contributed by atoms with Crippen molar-refractivity contribution in [1.29, 1.82) is 5.26 Å². The average molecular weight is 678 g/mol. The van der Waals surface area contributed by atoms with E-state index in [2.05, 4.69) is 56.9 Å². The molecule has 2 heterocycles. The van der Waals surface area contributed by atoms with Crippen molar-refractivity contribution in [1.82, 2.24) is 20.1 Å². The summed E-state index contributed by atoms with van der Waals surface area (Å²) < 4.78 is 48.2. The fourth-order valence-electron chi connectivity index (χ4n) is 5.22. The molecule has 10 nitrogen and oxygen atoms in total. The van der Waals surface area contributed by atoms with Gasteiger partial charge < -0.3 is 19.7 Å². The number of nitriles is 1. The second-order valence-electron chi connectivity index (χ2n) is 11.4. The van der Waals surface area contributed by atoms with Gasteiger partial charge in [0.2, 0.25) is 0 Å². The van der Waals surface area contributed by atoms with E-state index in [0.29, 0.717) is 27.8 Å². The molecule has 1 aliphatic heterocycles. The molecule has 0 bridgehead atoms. The lowest BCUT2D eigenvalue weighted by atomic mass is 9.99. The average Bonchev–Trinajstić information content (AvgIpc) is 3.55. The Balaban J connectivity index is 1.25. The number of carbonyl (C=O) groups excluding carboxylic acids is 1. The summed E-state index contributed by atoms with van der Waals surface area (Å²) in [5.74, 6) is 1.21. The van der Waals surface area contributed by atoms with Crippen molar-refractivity contribution in [3.63, 3.8) is 0 Å². The molecule has 1 N–H and O–H groups in total. The monoisotopic (exact) mass is 677 g/mol. The quantitative estimate of drug-likeness (QED) is 0.192. The van der Waals surface area contributed by atoms with Crippen molar-refractivity contribution in [3.05, 3.63) is 84.2 Å². The van der Waals surface area contributed by atoms with Gasteiger partial charge in [-0.25, -0.2) is 14.5 Å². The van der Waals surface area contributed by atoms with Crippen molar-refractivity contribution in [2.45, 2.75) is 51.4 Å². The van der Waals surface area contributed by atoms with E-state index in [9.17, 15) is 23.2 Å². The third kappa shape index (κ3) is 8.27. The minimum Gasteiger partial charge on any atom is -0.497 e. The fraction of sp³-hybridized carbons (Fsp3) is 0.324. The highest BCUT2D eigenvalue weighted by Crippen LogP contribution is 2.37. The molecule has 14 heteroatoms. The first-order chi connectivity index (χ1) is 23.0. The number of thioether (sulfide) groups is 1. The molecule has 1 aromatic heterocycles. The van der Waals surface area contributed by atoms with Crippen LogP contribution in [0, 0.1) is 11.3 Å². The van der Waals surface area contributed by atoms with Crippen LogP contribution in [0.5, 0.6) is 11.5 Å². The number of aliphatic imine (C=N–C) groups is 1. The number of hydrogen-bond acceptors (Lipinski definition) is 7. The van der Waals surface area contributed by atoms with Gasteiger partial charge in [0.05, 0.1) is 30.5 Å². The summed E-state index contributed by atoms with van der Waals surface area (Å²) in [4.78, 5) is 23.9. The Labute approximate surface area is 280 Å². The van der Waals surface area contributed by atoms with Crippen molar-refractivity contribution < 1.29 is 27.4 Å². The number of carbonyl (C=O) groups is 1. The maximum absolute atomic E-state index is 13.1. The van der Waals surface area contributed by atoms with E-state index < -0.39 is 18.3 Å². The number of nitrogens with zero attached hydrogens (tertiary/aromatic N) is 6. The first-order valence-corrected chi connectivity index (χ1v) is 16.2. The Morgan fingerprint density at radius 2 is 1.83 bits per heavy atom. The number of benzene rings is 3. The number of rotatable bonds is 9. The summed E-state index contributed by atoms with van der Waals surface area (Å²) in [6, 6.07) is 20.1. The summed E-state index contributed by atoms with van der Waals surface area (Å²) in [6.07, 6.45) is -2.40. The lowest BCUT2D eigenvalue weighted by Crippen LogP contribution is -2.43. The predicted octanol–water partition coefficient (Wildman–Crippen LogP) is 7.67. The smallest absolute Gasteiger partial charge is 0.497 e. The van der Waals surface area contributed by atoms with Crippen LogP contribution in [0.2, 0.25) is 0 Å². The lowest BCUT2D eigenvalue weighted by molar-refractivity contribution is -0.274. The van der Waals surface area contributed by atoms with Crippen molar-refractivity contribution in [2.24, 2.45) is 4.99 Å². The van der Waals surface area contributed by atoms with E-state index in [4.69, 9.17) is 4.74 Å². The van der Waals surface area contributed by atoms with Crippen LogP contribution in [0.1, 0.15) is 50.2 Å². The van der Waals surface area contributed by atoms with Crippen LogP contribution in [0.4, 0.5) is 23.7 Å². The summed E-state index contributed by atoms with van der Waals surface area (Å²) in [5, 5.41) is 17.7. The number of amidine groups is 1. The Kier molecular flexibility index (Phi) is 10.6. The molecular formula is C34H34F3N7O3S. The molecule has 5 rings (SSSR count). The largest absolute Gasteiger partial charge is 0.573 e. The van der Waals surface area contributed by atoms with Crippen LogP contribution >= 0.6 is 11.8 Å². The van der Waals surface area contributed by atoms with Gasteiger partial charge in [0.15, 0.2) is 11.0 Å². The molecule has 0 spiro atoms. The molecule has 48 heavy (non-hydrogen) atoms. The molecule has 0 radical (unpaired) electrons. The molecule has 4 aromatic rings. The van der Waals surface area contributed by atoms with Crippen molar-refractivity contribution in [3.8, 4) is 34.6 Å². The number of hydrogen-bond donors (Lipinski definition) is 1. The van der Waals surface area contributed by atoms with E-state index in [1.807, 2.05) is 18.2 Å². The first-order valence-electron chi connectivity index (χ1n) is 15.2. The molecule has 2 unspecified atom stereocenters. The molecule has 1 fully saturated rings. The van der Waals surface area contributed by atoms with Gasteiger partial charge in [-0.15, -0.1) is 18.3 Å². The van der Waals surface area contributed by atoms with Gasteiger partial charge in [0, 0.05) is 30.0 Å². The van der Waals surface area contributed by atoms with Gasteiger partial charge >= 0.3 is 12.4 Å². The molecule has 2 atom stereocenters. The minimum atomic E-state index is -4.77. The number of ether oxygens (including phenoxy) is 2. The van der Waals surface area contributed by atoms with Gasteiger partial charge in [-0.2, -0.15) is 10.3 Å². The third-order valence-electron chi connectivity index (χ3n) is 7.74. The Morgan fingerprint density at radius 3 is 2.48 bits per heavy atom. The van der Waals surface area contributed by atoms with Gasteiger partial charge in [0.1, 0.15) is 17.8 Å². The highest BCUT2D eigenvalue weighted by molar-refractivity contribution is 8.14. The van der Waals surface area contributed by atoms with Crippen LogP contribution in [0.25, 0.3) is 17.1 Å². The molecule has 1 saturated heterocycles. The van der Waals surface area contributed by atoms with Crippen LogP contribution in [-0.4, -0.2) is 57.8 Å². The molecule has 1 aliphatic rings. The maximum atomic E-state index is 13.1. The molecule has 250 valence electrons. The van der Waals surface area contributed by atoms with Crippen molar-refractivity contribution in [2.75, 3.05) is 24.3 Å². The normalized spacial score (nSPS) is 16.4.